The Morgan fingerprint density at radius 3 is 2.59 bits per heavy atom. The van der Waals surface area contributed by atoms with E-state index in [1.807, 2.05) is 36.1 Å². The number of hydrogen-bond acceptors (Lipinski definition) is 4. The molecule has 0 radical (unpaired) electrons. The summed E-state index contributed by atoms with van der Waals surface area (Å²) in [5.74, 6) is 1.74. The van der Waals surface area contributed by atoms with Crippen molar-refractivity contribution in [3.05, 3.63) is 41.3 Å². The van der Waals surface area contributed by atoms with Crippen molar-refractivity contribution in [3.63, 3.8) is 0 Å². The largest absolute Gasteiger partial charge is 0.492 e. The molecule has 1 saturated carbocycles. The van der Waals surface area contributed by atoms with Gasteiger partial charge in [0, 0.05) is 24.0 Å². The smallest absolute Gasteiger partial charge is 0.267 e. The van der Waals surface area contributed by atoms with Crippen molar-refractivity contribution in [1.29, 1.82) is 0 Å². The van der Waals surface area contributed by atoms with Gasteiger partial charge in [0.05, 0.1) is 6.61 Å². The molecule has 2 fully saturated rings. The number of ether oxygens (including phenoxy) is 1. The zero-order chi connectivity index (χ0) is 18.6. The molecule has 0 bridgehead atoms. The predicted molar refractivity (Wildman–Crippen MR) is 111 cm³/mol. The summed E-state index contributed by atoms with van der Waals surface area (Å²) in [7, 11) is 0. The van der Waals surface area contributed by atoms with Gasteiger partial charge in [0.2, 0.25) is 0 Å². The van der Waals surface area contributed by atoms with Gasteiger partial charge in [-0.25, -0.2) is 0 Å². The third kappa shape index (κ3) is 4.53. The number of amides is 1. The SMILES string of the molecule is CCOc1cc(-c2ccccc2)sc1C(=O)N1CCC(NCC2CC2)CC1. The molecule has 2 aromatic rings. The third-order valence-corrected chi connectivity index (χ3v) is 6.58. The Balaban J connectivity index is 1.43. The van der Waals surface area contributed by atoms with Crippen LogP contribution in [0.15, 0.2) is 36.4 Å². The number of nitrogens with one attached hydrogen (secondary N) is 1. The lowest BCUT2D eigenvalue weighted by Crippen LogP contribution is -2.45. The minimum Gasteiger partial charge on any atom is -0.492 e. The van der Waals surface area contributed by atoms with Crippen molar-refractivity contribution in [2.75, 3.05) is 26.2 Å². The van der Waals surface area contributed by atoms with Crippen LogP contribution in [0.1, 0.15) is 42.3 Å². The molecule has 2 heterocycles. The number of benzene rings is 1. The maximum absolute atomic E-state index is 13.2. The van der Waals surface area contributed by atoms with Crippen LogP contribution in [0.5, 0.6) is 5.75 Å². The lowest BCUT2D eigenvalue weighted by Gasteiger charge is -2.32. The van der Waals surface area contributed by atoms with E-state index in [0.717, 1.165) is 59.5 Å². The molecule has 144 valence electrons. The van der Waals surface area contributed by atoms with Crippen molar-refractivity contribution >= 4 is 17.2 Å². The van der Waals surface area contributed by atoms with Gasteiger partial charge in [-0.2, -0.15) is 0 Å². The van der Waals surface area contributed by atoms with Gasteiger partial charge in [-0.3, -0.25) is 4.79 Å². The van der Waals surface area contributed by atoms with Gasteiger partial charge in [0.1, 0.15) is 10.6 Å². The van der Waals surface area contributed by atoms with Crippen molar-refractivity contribution in [1.82, 2.24) is 10.2 Å². The number of likely N-dealkylation sites (tertiary alicyclic amines) is 1. The molecule has 0 atom stereocenters. The molecule has 5 heteroatoms. The van der Waals surface area contributed by atoms with E-state index in [0.29, 0.717) is 12.6 Å². The molecule has 4 rings (SSSR count). The van der Waals surface area contributed by atoms with E-state index in [9.17, 15) is 4.79 Å². The Bertz CT molecular complexity index is 762. The number of nitrogens with zero attached hydrogens (tertiary/aromatic N) is 1. The number of piperidine rings is 1. The highest BCUT2D eigenvalue weighted by molar-refractivity contribution is 7.17. The fourth-order valence-electron chi connectivity index (χ4n) is 3.62. The van der Waals surface area contributed by atoms with Crippen LogP contribution in [0.3, 0.4) is 0 Å². The van der Waals surface area contributed by atoms with Gasteiger partial charge < -0.3 is 15.0 Å². The molecule has 0 spiro atoms. The van der Waals surface area contributed by atoms with Crippen LogP contribution in [-0.2, 0) is 0 Å². The highest BCUT2D eigenvalue weighted by Gasteiger charge is 2.28. The van der Waals surface area contributed by atoms with E-state index in [1.54, 1.807) is 11.3 Å². The summed E-state index contributed by atoms with van der Waals surface area (Å²) in [5, 5.41) is 3.68. The molecule has 1 aromatic heterocycles. The van der Waals surface area contributed by atoms with Crippen LogP contribution < -0.4 is 10.1 Å². The fraction of sp³-hybridized carbons (Fsp3) is 0.500. The molecule has 27 heavy (non-hydrogen) atoms. The number of rotatable bonds is 7. The highest BCUT2D eigenvalue weighted by atomic mass is 32.1. The van der Waals surface area contributed by atoms with E-state index < -0.39 is 0 Å². The first-order chi connectivity index (χ1) is 13.2. The number of hydrogen-bond donors (Lipinski definition) is 1. The minimum absolute atomic E-state index is 0.117. The monoisotopic (exact) mass is 384 g/mol. The lowest BCUT2D eigenvalue weighted by molar-refractivity contribution is 0.0706. The standard InChI is InChI=1S/C22H28N2O2S/c1-2-26-19-14-20(17-6-4-3-5-7-17)27-21(19)22(25)24-12-10-18(11-13-24)23-15-16-8-9-16/h3-7,14,16,18,23H,2,8-13,15H2,1H3. The van der Waals surface area contributed by atoms with Gasteiger partial charge in [-0.05, 0) is 56.7 Å². The summed E-state index contributed by atoms with van der Waals surface area (Å²) in [5.41, 5.74) is 1.13. The van der Waals surface area contributed by atoms with E-state index >= 15 is 0 Å². The summed E-state index contributed by atoms with van der Waals surface area (Å²) in [6.07, 6.45) is 4.85. The topological polar surface area (TPSA) is 41.6 Å². The van der Waals surface area contributed by atoms with Crippen LogP contribution in [0, 0.1) is 5.92 Å². The molecule has 4 nitrogen and oxygen atoms in total. The van der Waals surface area contributed by atoms with E-state index in [4.69, 9.17) is 4.74 Å². The molecule has 2 aliphatic rings. The number of thiophene rings is 1. The second-order valence-electron chi connectivity index (χ2n) is 7.52. The zero-order valence-corrected chi connectivity index (χ0v) is 16.8. The quantitative estimate of drug-likeness (QED) is 0.768. The van der Waals surface area contributed by atoms with Crippen molar-refractivity contribution in [2.45, 2.75) is 38.6 Å². The summed E-state index contributed by atoms with van der Waals surface area (Å²) < 4.78 is 5.79. The Morgan fingerprint density at radius 1 is 1.19 bits per heavy atom. The predicted octanol–water partition coefficient (Wildman–Crippen LogP) is 4.42. The van der Waals surface area contributed by atoms with Gasteiger partial charge in [-0.1, -0.05) is 30.3 Å². The van der Waals surface area contributed by atoms with Gasteiger partial charge in [-0.15, -0.1) is 11.3 Å². The average molecular weight is 385 g/mol. The maximum Gasteiger partial charge on any atom is 0.267 e. The van der Waals surface area contributed by atoms with Crippen LogP contribution in [0.4, 0.5) is 0 Å². The average Bonchev–Trinajstić information content (AvgIpc) is 3.45. The van der Waals surface area contributed by atoms with Gasteiger partial charge in [0.15, 0.2) is 0 Å². The van der Waals surface area contributed by atoms with Crippen molar-refractivity contribution in [3.8, 4) is 16.2 Å². The second-order valence-corrected chi connectivity index (χ2v) is 8.57. The second kappa shape index (κ2) is 8.44. The molecular formula is C22H28N2O2S. The summed E-state index contributed by atoms with van der Waals surface area (Å²) in [4.78, 5) is 17.0. The third-order valence-electron chi connectivity index (χ3n) is 5.42. The Hall–Kier alpha value is -1.85. The van der Waals surface area contributed by atoms with Crippen LogP contribution in [-0.4, -0.2) is 43.1 Å². The number of carbonyl (C=O) groups is 1. The summed E-state index contributed by atoms with van der Waals surface area (Å²) in [6.45, 7) is 5.33. The first-order valence-corrected chi connectivity index (χ1v) is 10.9. The Morgan fingerprint density at radius 2 is 1.93 bits per heavy atom. The molecule has 1 N–H and O–H groups in total. The zero-order valence-electron chi connectivity index (χ0n) is 15.9. The molecule has 1 amide bonds. The van der Waals surface area contributed by atoms with Gasteiger partial charge >= 0.3 is 0 Å². The van der Waals surface area contributed by atoms with Crippen molar-refractivity contribution < 1.29 is 9.53 Å². The lowest BCUT2D eigenvalue weighted by atomic mass is 10.0. The Kier molecular flexibility index (Phi) is 5.79. The molecule has 1 aromatic carbocycles. The Labute approximate surface area is 165 Å². The van der Waals surface area contributed by atoms with E-state index in [2.05, 4.69) is 17.4 Å². The highest BCUT2D eigenvalue weighted by Crippen LogP contribution is 2.37. The summed E-state index contributed by atoms with van der Waals surface area (Å²) in [6, 6.07) is 12.8. The molecule has 1 saturated heterocycles. The molecule has 1 aliphatic heterocycles. The van der Waals surface area contributed by atoms with Gasteiger partial charge in [0.25, 0.3) is 5.91 Å². The van der Waals surface area contributed by atoms with Crippen LogP contribution in [0.25, 0.3) is 10.4 Å². The molecular weight excluding hydrogens is 356 g/mol. The normalized spacial score (nSPS) is 17.9. The van der Waals surface area contributed by atoms with Crippen LogP contribution in [0.2, 0.25) is 0 Å². The van der Waals surface area contributed by atoms with Crippen LogP contribution >= 0.6 is 11.3 Å². The summed E-state index contributed by atoms with van der Waals surface area (Å²) >= 11 is 1.55. The molecule has 0 unspecified atom stereocenters. The fourth-order valence-corrected chi connectivity index (χ4v) is 4.69. The number of carbonyl (C=O) groups excluding carboxylic acids is 1. The first kappa shape index (κ1) is 18.5. The minimum atomic E-state index is 0.117. The first-order valence-electron chi connectivity index (χ1n) is 10.1. The maximum atomic E-state index is 13.2. The van der Waals surface area contributed by atoms with E-state index in [1.165, 1.54) is 12.8 Å². The molecule has 1 aliphatic carbocycles. The van der Waals surface area contributed by atoms with Crippen molar-refractivity contribution in [2.24, 2.45) is 5.92 Å². The van der Waals surface area contributed by atoms with E-state index in [-0.39, 0.29) is 5.91 Å².